The van der Waals surface area contributed by atoms with Gasteiger partial charge in [0, 0.05) is 6.42 Å². The van der Waals surface area contributed by atoms with E-state index in [1.165, 1.54) is 96.3 Å². The average Bonchev–Trinajstić information content (AvgIpc) is 2.80. The number of amides is 1. The van der Waals surface area contributed by atoms with Gasteiger partial charge in [-0.25, -0.2) is 0 Å². The lowest BCUT2D eigenvalue weighted by molar-refractivity contribution is -0.379. The third-order valence-electron chi connectivity index (χ3n) is 15.6. The van der Waals surface area contributed by atoms with Crippen LogP contribution in [0.1, 0.15) is 187 Å². The molecule has 3 saturated heterocycles. The van der Waals surface area contributed by atoms with Crippen LogP contribution in [0.15, 0.2) is 97.2 Å². The van der Waals surface area contributed by atoms with Crippen molar-refractivity contribution in [1.29, 1.82) is 0 Å². The molecule has 0 spiro atoms. The van der Waals surface area contributed by atoms with Crippen LogP contribution in [0.3, 0.4) is 0 Å². The van der Waals surface area contributed by atoms with Gasteiger partial charge in [0.15, 0.2) is 18.9 Å². The zero-order chi connectivity index (χ0) is 62.6. The molecule has 17 unspecified atom stereocenters. The molecule has 3 rings (SSSR count). The molecule has 0 aliphatic carbocycles. The summed E-state index contributed by atoms with van der Waals surface area (Å²) >= 11 is 0. The molecular weight excluding hydrogens is 1110 g/mol. The summed E-state index contributed by atoms with van der Waals surface area (Å²) in [5.74, 6) is -0.371. The molecule has 3 heterocycles. The van der Waals surface area contributed by atoms with Crippen molar-refractivity contribution >= 4 is 5.91 Å². The molecule has 0 bridgehead atoms. The third-order valence-corrected chi connectivity index (χ3v) is 15.6. The van der Waals surface area contributed by atoms with Crippen molar-refractivity contribution in [3.05, 3.63) is 97.2 Å². The van der Waals surface area contributed by atoms with E-state index in [9.17, 15) is 61.0 Å². The van der Waals surface area contributed by atoms with Crippen molar-refractivity contribution in [2.75, 3.05) is 26.4 Å². The number of allylic oxidation sites excluding steroid dienone is 15. The van der Waals surface area contributed by atoms with E-state index in [1.54, 1.807) is 6.08 Å². The summed E-state index contributed by atoms with van der Waals surface area (Å²) in [5.41, 5.74) is 0. The van der Waals surface area contributed by atoms with Gasteiger partial charge in [0.05, 0.1) is 38.6 Å². The van der Waals surface area contributed by atoms with Crippen LogP contribution in [-0.2, 0) is 33.2 Å². The number of nitrogens with one attached hydrogen (secondary N) is 1. The first-order valence-corrected chi connectivity index (χ1v) is 32.5. The summed E-state index contributed by atoms with van der Waals surface area (Å²) in [6.07, 6.45) is 35.4. The van der Waals surface area contributed by atoms with Crippen molar-refractivity contribution in [3.8, 4) is 0 Å². The minimum absolute atomic E-state index is 0.105. The molecule has 0 saturated carbocycles. The van der Waals surface area contributed by atoms with Crippen LogP contribution in [0.5, 0.6) is 0 Å². The van der Waals surface area contributed by atoms with E-state index in [0.717, 1.165) is 51.4 Å². The number of hydrogen-bond donors (Lipinski definition) is 12. The fourth-order valence-corrected chi connectivity index (χ4v) is 10.3. The van der Waals surface area contributed by atoms with Crippen molar-refractivity contribution in [1.82, 2.24) is 5.32 Å². The highest BCUT2D eigenvalue weighted by Crippen LogP contribution is 2.33. The topological polar surface area (TPSA) is 307 Å². The Hall–Kier alpha value is -3.29. The van der Waals surface area contributed by atoms with Gasteiger partial charge in [-0.15, -0.1) is 0 Å². The Kier molecular flexibility index (Phi) is 43.4. The summed E-state index contributed by atoms with van der Waals surface area (Å²) in [6, 6.07) is -1.04. The van der Waals surface area contributed by atoms with Crippen LogP contribution < -0.4 is 5.32 Å². The Morgan fingerprint density at radius 1 is 0.430 bits per heavy atom. The number of aliphatic hydroxyl groups excluding tert-OH is 11. The van der Waals surface area contributed by atoms with Gasteiger partial charge in [0.2, 0.25) is 5.91 Å². The van der Waals surface area contributed by atoms with E-state index < -0.39 is 131 Å². The lowest BCUT2D eigenvalue weighted by atomic mass is 9.96. The molecule has 0 radical (unpaired) electrons. The van der Waals surface area contributed by atoms with Crippen molar-refractivity contribution < 1.29 is 89.4 Å². The standard InChI is InChI=1S/C67H113NO18/c1-3-5-7-9-11-13-15-17-19-21-23-24-25-27-28-30-32-34-36-38-40-42-44-51(72)50(68-55(73)45-43-41-39-37-35-33-31-29-26-22-20-18-16-14-12-10-8-6-4-2)49-81-65-61(79)58(76)63(53(47-70)83-65)86-67-62(80)59(77)64(54(48-71)84-67)85-66-60(78)57(75)56(74)52(46-69)82-66/h6,8,12,14,18,20,26,29,33-36,39,41-42,44,50-54,56-67,69-72,74-80H,3-5,7,9-11,13,15-17,19,21-25,27-28,30-32,37-38,40,43,45-49H2,1-2H3,(H,68,73)/b8-6-,14-12-,20-18-,29-26-,35-33-,36-34+,41-39-,44-42+. The van der Waals surface area contributed by atoms with Gasteiger partial charge in [0.25, 0.3) is 0 Å². The Balaban J connectivity index is 1.51. The van der Waals surface area contributed by atoms with E-state index >= 15 is 0 Å². The quantitative estimate of drug-likeness (QED) is 0.0210. The Morgan fingerprint density at radius 2 is 0.814 bits per heavy atom. The maximum atomic E-state index is 13.3. The molecule has 0 aromatic heterocycles. The zero-order valence-corrected chi connectivity index (χ0v) is 51.7. The lowest BCUT2D eigenvalue weighted by Crippen LogP contribution is -2.66. The molecule has 86 heavy (non-hydrogen) atoms. The molecular formula is C67H113NO18. The summed E-state index contributed by atoms with van der Waals surface area (Å²) in [5, 5.41) is 120. The van der Waals surface area contributed by atoms with E-state index in [1.807, 2.05) is 18.2 Å². The van der Waals surface area contributed by atoms with E-state index in [-0.39, 0.29) is 12.3 Å². The minimum atomic E-state index is -1.99. The average molecular weight is 1220 g/mol. The Bertz CT molecular complexity index is 1940. The van der Waals surface area contributed by atoms with Gasteiger partial charge < -0.3 is 89.9 Å². The van der Waals surface area contributed by atoms with Crippen LogP contribution >= 0.6 is 0 Å². The van der Waals surface area contributed by atoms with Crippen LogP contribution in [0, 0.1) is 0 Å². The highest BCUT2D eigenvalue weighted by Gasteiger charge is 2.53. The number of carbonyl (C=O) groups excluding carboxylic acids is 1. The molecule has 1 amide bonds. The highest BCUT2D eigenvalue weighted by molar-refractivity contribution is 5.76. The van der Waals surface area contributed by atoms with Crippen molar-refractivity contribution in [3.63, 3.8) is 0 Å². The molecule has 19 heteroatoms. The molecule has 0 aromatic rings. The molecule has 3 aliphatic heterocycles. The molecule has 19 nitrogen and oxygen atoms in total. The number of aliphatic hydroxyl groups is 11. The first-order valence-electron chi connectivity index (χ1n) is 32.5. The Morgan fingerprint density at radius 3 is 1.29 bits per heavy atom. The Labute approximate surface area is 513 Å². The smallest absolute Gasteiger partial charge is 0.220 e. The normalized spacial score (nSPS) is 29.4. The molecule has 0 aromatic carbocycles. The highest BCUT2D eigenvalue weighted by atomic mass is 16.8. The summed E-state index contributed by atoms with van der Waals surface area (Å²) in [4.78, 5) is 13.3. The summed E-state index contributed by atoms with van der Waals surface area (Å²) < 4.78 is 34.2. The van der Waals surface area contributed by atoms with E-state index in [4.69, 9.17) is 28.4 Å². The van der Waals surface area contributed by atoms with Crippen molar-refractivity contribution in [2.45, 2.75) is 291 Å². The van der Waals surface area contributed by atoms with Gasteiger partial charge in [0.1, 0.15) is 73.2 Å². The fraction of sp³-hybridized carbons (Fsp3) is 0.746. The second-order valence-electron chi connectivity index (χ2n) is 22.8. The molecule has 3 aliphatic rings. The van der Waals surface area contributed by atoms with Gasteiger partial charge in [-0.1, -0.05) is 207 Å². The molecule has 494 valence electrons. The fourth-order valence-electron chi connectivity index (χ4n) is 10.3. The van der Waals surface area contributed by atoms with E-state index in [0.29, 0.717) is 19.3 Å². The summed E-state index contributed by atoms with van der Waals surface area (Å²) in [7, 11) is 0. The van der Waals surface area contributed by atoms with Gasteiger partial charge in [-0.05, 0) is 70.6 Å². The number of ether oxygens (including phenoxy) is 6. The molecule has 12 N–H and O–H groups in total. The second kappa shape index (κ2) is 48.5. The number of rotatable bonds is 47. The van der Waals surface area contributed by atoms with Gasteiger partial charge >= 0.3 is 0 Å². The number of carbonyl (C=O) groups is 1. The summed E-state index contributed by atoms with van der Waals surface area (Å²) in [6.45, 7) is 1.53. The van der Waals surface area contributed by atoms with Crippen LogP contribution in [-0.4, -0.2) is 193 Å². The molecule has 17 atom stereocenters. The molecule has 3 fully saturated rings. The predicted octanol–water partition coefficient (Wildman–Crippen LogP) is 7.32. The maximum absolute atomic E-state index is 13.3. The minimum Gasteiger partial charge on any atom is -0.394 e. The van der Waals surface area contributed by atoms with E-state index in [2.05, 4.69) is 92.1 Å². The van der Waals surface area contributed by atoms with Crippen LogP contribution in [0.25, 0.3) is 0 Å². The maximum Gasteiger partial charge on any atom is 0.220 e. The zero-order valence-electron chi connectivity index (χ0n) is 51.7. The van der Waals surface area contributed by atoms with Crippen LogP contribution in [0.2, 0.25) is 0 Å². The third kappa shape index (κ3) is 31.0. The predicted molar refractivity (Wildman–Crippen MR) is 332 cm³/mol. The van der Waals surface area contributed by atoms with Crippen LogP contribution in [0.4, 0.5) is 0 Å². The van der Waals surface area contributed by atoms with Crippen molar-refractivity contribution in [2.24, 2.45) is 0 Å². The number of unbranched alkanes of at least 4 members (excludes halogenated alkanes) is 17. The first-order chi connectivity index (χ1) is 41.8. The second-order valence-corrected chi connectivity index (χ2v) is 22.8. The van der Waals surface area contributed by atoms with Gasteiger partial charge in [-0.3, -0.25) is 4.79 Å². The SMILES string of the molecule is CC/C=C\C/C=C\C/C=C\C/C=C\C/C=C\C/C=C\CCC(=O)NC(COC1OC(CO)C(OC2OC(CO)C(OC3OC(CO)C(O)C(O)C3O)C(O)C2O)C(O)C1O)C(O)/C=C/CC/C=C/CCCCCCCCCCCCCCCCCC. The first kappa shape index (κ1) is 77.0. The lowest BCUT2D eigenvalue weighted by Gasteiger charge is -2.48. The number of hydrogen-bond acceptors (Lipinski definition) is 18. The largest absolute Gasteiger partial charge is 0.394 e. The monoisotopic (exact) mass is 1220 g/mol. The van der Waals surface area contributed by atoms with Gasteiger partial charge in [-0.2, -0.15) is 0 Å².